The molecule has 0 aromatic rings. The highest BCUT2D eigenvalue weighted by Gasteiger charge is 2.25. The van der Waals surface area contributed by atoms with Crippen molar-refractivity contribution in [2.75, 3.05) is 47.5 Å². The maximum Gasteiger partial charge on any atom is 0.361 e. The van der Waals surface area contributed by atoms with Gasteiger partial charge in [0.05, 0.1) is 34.4 Å². The van der Waals surface area contributed by atoms with Gasteiger partial charge in [-0.2, -0.15) is 0 Å². The quantitative estimate of drug-likeness (QED) is 0.0211. The maximum absolute atomic E-state index is 13.0. The molecule has 103 heavy (non-hydrogen) atoms. The molecule has 0 radical (unpaired) electrons. The summed E-state index contributed by atoms with van der Waals surface area (Å²) in [5, 5.41) is 9.78. The summed E-state index contributed by atoms with van der Waals surface area (Å²) in [7, 11) is 5.97. The Labute approximate surface area is 635 Å². The van der Waals surface area contributed by atoms with Crippen molar-refractivity contribution in [3.05, 3.63) is 170 Å². The van der Waals surface area contributed by atoms with E-state index in [9.17, 15) is 19.5 Å². The van der Waals surface area contributed by atoms with Crippen LogP contribution in [0.4, 0.5) is 0 Å². The van der Waals surface area contributed by atoms with Gasteiger partial charge in [0.15, 0.2) is 6.10 Å². The Morgan fingerprint density at radius 2 is 0.553 bits per heavy atom. The molecule has 1 N–H and O–H groups in total. The molecular weight excluding hydrogens is 1270 g/mol. The molecule has 0 saturated heterocycles. The Hall–Kier alpha value is -5.35. The highest BCUT2D eigenvalue weighted by atomic mass is 16.7. The molecule has 0 aliphatic heterocycles. The highest BCUT2D eigenvalue weighted by Crippen LogP contribution is 2.18. The van der Waals surface area contributed by atoms with Gasteiger partial charge in [0, 0.05) is 12.8 Å². The minimum Gasteiger partial charge on any atom is -0.477 e. The van der Waals surface area contributed by atoms with E-state index in [0.717, 1.165) is 128 Å². The third-order valence-corrected chi connectivity index (χ3v) is 18.0. The zero-order valence-corrected chi connectivity index (χ0v) is 67.2. The van der Waals surface area contributed by atoms with Gasteiger partial charge in [0.1, 0.15) is 13.2 Å². The maximum atomic E-state index is 13.0. The van der Waals surface area contributed by atoms with Crippen molar-refractivity contribution < 1.29 is 42.9 Å². The third-order valence-electron chi connectivity index (χ3n) is 18.0. The van der Waals surface area contributed by atoms with Crippen LogP contribution in [0.15, 0.2) is 170 Å². The molecule has 0 spiro atoms. The van der Waals surface area contributed by atoms with E-state index >= 15 is 0 Å². The molecule has 2 atom stereocenters. The molecule has 0 bridgehead atoms. The van der Waals surface area contributed by atoms with E-state index in [2.05, 4.69) is 184 Å². The first-order valence-electron chi connectivity index (χ1n) is 42.3. The van der Waals surface area contributed by atoms with E-state index in [4.69, 9.17) is 18.9 Å². The molecule has 0 amide bonds. The molecular formula is C94H158NO8+. The molecule has 0 saturated carbocycles. The minimum atomic E-state index is -1.53. The smallest absolute Gasteiger partial charge is 0.361 e. The number of rotatable bonds is 77. The second-order valence-corrected chi connectivity index (χ2v) is 29.1. The number of aliphatic carboxylic acids is 1. The molecule has 586 valence electrons. The fourth-order valence-corrected chi connectivity index (χ4v) is 11.6. The van der Waals surface area contributed by atoms with Crippen LogP contribution in [-0.2, 0) is 33.3 Å². The van der Waals surface area contributed by atoms with E-state index in [0.29, 0.717) is 23.9 Å². The van der Waals surface area contributed by atoms with Crippen LogP contribution in [0.2, 0.25) is 0 Å². The van der Waals surface area contributed by atoms with Gasteiger partial charge in [0.25, 0.3) is 6.29 Å². The lowest BCUT2D eigenvalue weighted by Gasteiger charge is -2.25. The Morgan fingerprint density at radius 3 is 0.825 bits per heavy atom. The van der Waals surface area contributed by atoms with Gasteiger partial charge < -0.3 is 28.5 Å². The monoisotopic (exact) mass is 1430 g/mol. The first kappa shape index (κ1) is 97.7. The fourth-order valence-electron chi connectivity index (χ4n) is 11.6. The molecule has 9 heteroatoms. The average Bonchev–Trinajstić information content (AvgIpc) is 1.01. The van der Waals surface area contributed by atoms with Crippen LogP contribution >= 0.6 is 0 Å². The van der Waals surface area contributed by atoms with Crippen LogP contribution < -0.4 is 0 Å². The summed E-state index contributed by atoms with van der Waals surface area (Å²) in [4.78, 5) is 37.8. The van der Waals surface area contributed by atoms with Crippen molar-refractivity contribution in [1.29, 1.82) is 0 Å². The van der Waals surface area contributed by atoms with Crippen LogP contribution in [-0.4, -0.2) is 87.4 Å². The second kappa shape index (κ2) is 82.3. The topological polar surface area (TPSA) is 108 Å². The van der Waals surface area contributed by atoms with Gasteiger partial charge >= 0.3 is 17.9 Å². The van der Waals surface area contributed by atoms with Gasteiger partial charge in [-0.25, -0.2) is 4.79 Å². The molecule has 0 aromatic carbocycles. The lowest BCUT2D eigenvalue weighted by Crippen LogP contribution is -2.40. The number of carbonyl (C=O) groups excluding carboxylic acids is 2. The Kier molecular flexibility index (Phi) is 78.0. The zero-order valence-electron chi connectivity index (χ0n) is 67.2. The van der Waals surface area contributed by atoms with Gasteiger partial charge in [-0.1, -0.05) is 370 Å². The van der Waals surface area contributed by atoms with E-state index in [1.807, 2.05) is 21.1 Å². The lowest BCUT2D eigenvalue weighted by atomic mass is 10.0. The molecule has 0 heterocycles. The van der Waals surface area contributed by atoms with Gasteiger partial charge in [0.2, 0.25) is 0 Å². The SMILES string of the molecule is CC/C=C\C/C=C\C/C=C\C/C=C\C/C=C\C/C=C\C/C=C\C/C=C\C/C=C\C/C=C\C/C=C\C/C=C\CCCCCCC(=O)OC(COC(=O)CCCCCCCCCCCCCCCCCCCCCCCCCCC/C=C\C/C=C\CCCCCCC)COC(OCC[N+](C)(C)C)C(=O)O. The molecule has 0 aromatic heterocycles. The van der Waals surface area contributed by atoms with Crippen molar-refractivity contribution >= 4 is 17.9 Å². The number of allylic oxidation sites excluding steroid dienone is 28. The Morgan fingerprint density at radius 1 is 0.301 bits per heavy atom. The van der Waals surface area contributed by atoms with Crippen molar-refractivity contribution in [3.8, 4) is 0 Å². The summed E-state index contributed by atoms with van der Waals surface area (Å²) in [6, 6.07) is 0. The third kappa shape index (κ3) is 83.8. The number of quaternary nitrogens is 1. The van der Waals surface area contributed by atoms with Gasteiger partial charge in [-0.05, 0) is 135 Å². The fraction of sp³-hybridized carbons (Fsp3) is 0.670. The summed E-state index contributed by atoms with van der Waals surface area (Å²) < 4.78 is 23.0. The van der Waals surface area contributed by atoms with Crippen LogP contribution in [0, 0.1) is 0 Å². The summed E-state index contributed by atoms with van der Waals surface area (Å²) in [6.07, 6.45) is 121. The van der Waals surface area contributed by atoms with Crippen molar-refractivity contribution in [3.63, 3.8) is 0 Å². The van der Waals surface area contributed by atoms with Crippen LogP contribution in [0.5, 0.6) is 0 Å². The normalized spacial score (nSPS) is 13.5. The van der Waals surface area contributed by atoms with E-state index in [1.165, 1.54) is 186 Å². The predicted octanol–water partition coefficient (Wildman–Crippen LogP) is 27.7. The second-order valence-electron chi connectivity index (χ2n) is 29.1. The van der Waals surface area contributed by atoms with E-state index < -0.39 is 24.3 Å². The zero-order chi connectivity index (χ0) is 74.6. The van der Waals surface area contributed by atoms with Crippen molar-refractivity contribution in [2.24, 2.45) is 0 Å². The van der Waals surface area contributed by atoms with Crippen LogP contribution in [0.25, 0.3) is 0 Å². The number of ether oxygens (including phenoxy) is 4. The largest absolute Gasteiger partial charge is 0.477 e. The van der Waals surface area contributed by atoms with Gasteiger partial charge in [-0.3, -0.25) is 9.59 Å². The van der Waals surface area contributed by atoms with Crippen LogP contribution in [0.1, 0.15) is 348 Å². The van der Waals surface area contributed by atoms with Crippen molar-refractivity contribution in [2.45, 2.75) is 360 Å². The first-order chi connectivity index (χ1) is 50.6. The van der Waals surface area contributed by atoms with Crippen molar-refractivity contribution in [1.82, 2.24) is 0 Å². The predicted molar refractivity (Wildman–Crippen MR) is 446 cm³/mol. The lowest BCUT2D eigenvalue weighted by molar-refractivity contribution is -0.870. The summed E-state index contributed by atoms with van der Waals surface area (Å²) in [5.41, 5.74) is 0. The number of carbonyl (C=O) groups is 3. The number of nitrogens with zero attached hydrogens (tertiary/aromatic N) is 1. The first-order valence-corrected chi connectivity index (χ1v) is 42.3. The molecule has 0 aliphatic rings. The molecule has 0 fully saturated rings. The number of unbranched alkanes of at least 4 members (excludes halogenated alkanes) is 34. The number of likely N-dealkylation sites (N-methyl/N-ethyl adjacent to an activating group) is 1. The van der Waals surface area contributed by atoms with E-state index in [1.54, 1.807) is 0 Å². The summed E-state index contributed by atoms with van der Waals surface area (Å²) in [6.45, 7) is 4.74. The highest BCUT2D eigenvalue weighted by molar-refractivity contribution is 5.71. The Bertz CT molecular complexity index is 2310. The minimum absolute atomic E-state index is 0.176. The number of carboxylic acid groups (broad SMARTS) is 1. The van der Waals surface area contributed by atoms with E-state index in [-0.39, 0.29) is 32.2 Å². The molecule has 2 unspecified atom stereocenters. The molecule has 0 rings (SSSR count). The molecule has 9 nitrogen and oxygen atoms in total. The Balaban J connectivity index is 4.10. The number of hydrogen-bond acceptors (Lipinski definition) is 7. The standard InChI is InChI=1S/C94H157NO8/c1-6-8-10-12-14-16-18-20-22-24-26-28-30-32-34-36-38-40-42-44-45-46-47-49-51-53-55-57-59-61-63-65-67-69-71-73-75-77-79-81-83-85-92(97)103-90(89-102-94(93(98)99)100-87-86-95(3,4)5)88-101-91(96)84-82-80-78-76-74-72-70-68-66-64-62-60-58-56-54-52-50-48-43-41-39-37-35-33-31-29-27-25-23-21-19-17-15-13-11-9-7-2/h8,10,14,16,19-22,25-28,32,34,38,40,44-45,47,49,53,55,59,61,65,67,71,73,90,94H,6-7,9,11-13,15,17-18,23-24,29-31,33,35-37,39,41-43,46,48,50-52,54,56-58,60,62-64,66,68-70,72,74-89H2,1-5H3/p+1/b10-8-,16-14-,21-19-,22-20-,27-25-,28-26-,34-32-,40-38-,45-44-,49-47-,55-53-,61-59-,67-65-,73-71-. The summed E-state index contributed by atoms with van der Waals surface area (Å²) >= 11 is 0. The number of hydrogen-bond donors (Lipinski definition) is 1. The van der Waals surface area contributed by atoms with Crippen LogP contribution in [0.3, 0.4) is 0 Å². The number of carboxylic acids is 1. The average molecular weight is 1430 g/mol. The summed E-state index contributed by atoms with van der Waals surface area (Å²) in [5.74, 6) is -2.04. The number of esters is 2. The van der Waals surface area contributed by atoms with Gasteiger partial charge in [-0.15, -0.1) is 0 Å². The molecule has 0 aliphatic carbocycles.